The highest BCUT2D eigenvalue weighted by atomic mass is 32.2. The highest BCUT2D eigenvalue weighted by Gasteiger charge is 2.30. The first-order chi connectivity index (χ1) is 15.0. The number of nitrogens with zero attached hydrogens (tertiary/aromatic N) is 3. The number of pyridine rings is 1. The van der Waals surface area contributed by atoms with Crippen LogP contribution in [0.25, 0.3) is 16.7 Å². The first kappa shape index (κ1) is 22.1. The van der Waals surface area contributed by atoms with Crippen LogP contribution in [0.2, 0.25) is 0 Å². The molecular weight excluding hydrogens is 430 g/mol. The van der Waals surface area contributed by atoms with Gasteiger partial charge in [0.05, 0.1) is 23.2 Å². The molecule has 3 aromatic rings. The van der Waals surface area contributed by atoms with Crippen molar-refractivity contribution in [2.24, 2.45) is 0 Å². The number of benzene rings is 1. The molecule has 2 aromatic heterocycles. The van der Waals surface area contributed by atoms with Gasteiger partial charge in [0, 0.05) is 30.8 Å². The Morgan fingerprint density at radius 2 is 1.94 bits per heavy atom. The third-order valence-electron chi connectivity index (χ3n) is 5.16. The maximum atomic E-state index is 12.2. The van der Waals surface area contributed by atoms with Crippen LogP contribution in [0, 0.1) is 0 Å². The fourth-order valence-electron chi connectivity index (χ4n) is 3.64. The van der Waals surface area contributed by atoms with Crippen molar-refractivity contribution in [3.8, 4) is 11.6 Å². The first-order valence-electron chi connectivity index (χ1n) is 10.4. The van der Waals surface area contributed by atoms with Crippen LogP contribution >= 0.6 is 0 Å². The van der Waals surface area contributed by atoms with Crippen molar-refractivity contribution in [2.45, 2.75) is 43.8 Å². The molecule has 8 nitrogen and oxygen atoms in total. The number of amides is 1. The normalized spacial score (nSPS) is 17.0. The molecule has 0 saturated carbocycles. The Labute approximate surface area is 187 Å². The van der Waals surface area contributed by atoms with Crippen LogP contribution in [-0.2, 0) is 14.6 Å². The van der Waals surface area contributed by atoms with Crippen molar-refractivity contribution in [1.29, 1.82) is 0 Å². The minimum atomic E-state index is -3.26. The molecule has 1 amide bonds. The molecule has 4 rings (SSSR count). The average molecular weight is 458 g/mol. The van der Waals surface area contributed by atoms with Gasteiger partial charge in [-0.25, -0.2) is 18.2 Å². The van der Waals surface area contributed by atoms with Gasteiger partial charge in [0.1, 0.15) is 23.3 Å². The van der Waals surface area contributed by atoms with E-state index in [1.54, 1.807) is 29.3 Å². The lowest BCUT2D eigenvalue weighted by Crippen LogP contribution is -2.36. The molecule has 0 radical (unpaired) electrons. The minimum Gasteiger partial charge on any atom is -0.487 e. The number of rotatable bonds is 4. The smallest absolute Gasteiger partial charge is 0.410 e. The second-order valence-corrected chi connectivity index (χ2v) is 11.0. The van der Waals surface area contributed by atoms with Crippen molar-refractivity contribution in [2.75, 3.05) is 19.3 Å². The van der Waals surface area contributed by atoms with Gasteiger partial charge in [-0.15, -0.1) is 0 Å². The number of hydrogen-bond donors (Lipinski definition) is 0. The predicted molar refractivity (Wildman–Crippen MR) is 121 cm³/mol. The van der Waals surface area contributed by atoms with Gasteiger partial charge < -0.3 is 18.9 Å². The molecular formula is C23H27N3O5S. The highest BCUT2D eigenvalue weighted by Crippen LogP contribution is 2.25. The summed E-state index contributed by atoms with van der Waals surface area (Å²) in [6.45, 7) is 6.61. The molecule has 1 aliphatic rings. The molecule has 32 heavy (non-hydrogen) atoms. The van der Waals surface area contributed by atoms with Crippen LogP contribution < -0.4 is 4.74 Å². The fourth-order valence-corrected chi connectivity index (χ4v) is 4.30. The molecule has 0 aliphatic carbocycles. The molecule has 3 heterocycles. The Kier molecular flexibility index (Phi) is 5.62. The maximum absolute atomic E-state index is 12.2. The van der Waals surface area contributed by atoms with E-state index in [-0.39, 0.29) is 17.1 Å². The number of fused-ring (bicyclic) bond motifs is 1. The van der Waals surface area contributed by atoms with Gasteiger partial charge in [-0.3, -0.25) is 0 Å². The largest absolute Gasteiger partial charge is 0.487 e. The van der Waals surface area contributed by atoms with Gasteiger partial charge in [0.2, 0.25) is 0 Å². The molecule has 1 fully saturated rings. The van der Waals surface area contributed by atoms with Crippen molar-refractivity contribution in [1.82, 2.24) is 14.5 Å². The SMILES string of the molecule is CC(C)(C)OC(=O)N1CCC(Oc2ccc(-n3ccc4cc(S(C)(=O)=O)ccc43)nc2)C1. The Hall–Kier alpha value is -3.07. The van der Waals surface area contributed by atoms with E-state index in [0.717, 1.165) is 17.3 Å². The summed E-state index contributed by atoms with van der Waals surface area (Å²) in [5.74, 6) is 1.32. The van der Waals surface area contributed by atoms with Crippen LogP contribution in [-0.4, -0.2) is 60.0 Å². The summed E-state index contributed by atoms with van der Waals surface area (Å²) < 4.78 is 36.9. The lowest BCUT2D eigenvalue weighted by atomic mass is 10.2. The average Bonchev–Trinajstić information content (AvgIpc) is 3.33. The van der Waals surface area contributed by atoms with E-state index in [9.17, 15) is 13.2 Å². The molecule has 0 spiro atoms. The summed E-state index contributed by atoms with van der Waals surface area (Å²) >= 11 is 0. The number of ether oxygens (including phenoxy) is 2. The van der Waals surface area contributed by atoms with E-state index < -0.39 is 15.4 Å². The van der Waals surface area contributed by atoms with Crippen LogP contribution in [0.5, 0.6) is 5.75 Å². The Balaban J connectivity index is 1.44. The van der Waals surface area contributed by atoms with Gasteiger partial charge in [-0.1, -0.05) is 0 Å². The molecule has 0 N–H and O–H groups in total. The summed E-state index contributed by atoms with van der Waals surface area (Å²) in [7, 11) is -3.26. The van der Waals surface area contributed by atoms with E-state index in [4.69, 9.17) is 9.47 Å². The van der Waals surface area contributed by atoms with E-state index in [0.29, 0.717) is 24.7 Å². The quantitative estimate of drug-likeness (QED) is 0.592. The molecule has 9 heteroatoms. The number of carbonyl (C=O) groups is 1. The fraction of sp³-hybridized carbons (Fsp3) is 0.391. The Morgan fingerprint density at radius 1 is 1.16 bits per heavy atom. The zero-order valence-electron chi connectivity index (χ0n) is 18.6. The number of likely N-dealkylation sites (tertiary alicyclic amines) is 1. The predicted octanol–water partition coefficient (Wildman–Crippen LogP) is 3.82. The zero-order chi connectivity index (χ0) is 23.1. The summed E-state index contributed by atoms with van der Waals surface area (Å²) in [6, 6.07) is 10.6. The Bertz CT molecular complexity index is 1240. The highest BCUT2D eigenvalue weighted by molar-refractivity contribution is 7.90. The maximum Gasteiger partial charge on any atom is 0.410 e. The van der Waals surface area contributed by atoms with Gasteiger partial charge in [0.25, 0.3) is 0 Å². The third-order valence-corrected chi connectivity index (χ3v) is 6.27. The molecule has 1 unspecified atom stereocenters. The number of sulfone groups is 1. The van der Waals surface area contributed by atoms with Crippen LogP contribution in [0.4, 0.5) is 4.79 Å². The Morgan fingerprint density at radius 3 is 2.59 bits per heavy atom. The second-order valence-electron chi connectivity index (χ2n) is 8.99. The van der Waals surface area contributed by atoms with Gasteiger partial charge in [-0.2, -0.15) is 0 Å². The summed E-state index contributed by atoms with van der Waals surface area (Å²) in [5.41, 5.74) is 0.340. The molecule has 1 atom stereocenters. The molecule has 1 aromatic carbocycles. The van der Waals surface area contributed by atoms with Gasteiger partial charge >= 0.3 is 6.09 Å². The standard InChI is InChI=1S/C23H27N3O5S/c1-23(2,3)31-22(27)25-11-10-18(15-25)30-17-5-8-21(24-14-17)26-12-9-16-13-19(32(4,28)29)6-7-20(16)26/h5-9,12-14,18H,10-11,15H2,1-4H3. The molecule has 170 valence electrons. The van der Waals surface area contributed by atoms with E-state index in [1.807, 2.05) is 49.7 Å². The van der Waals surface area contributed by atoms with E-state index in [2.05, 4.69) is 4.98 Å². The minimum absolute atomic E-state index is 0.114. The number of aromatic nitrogens is 2. The van der Waals surface area contributed by atoms with E-state index >= 15 is 0 Å². The zero-order valence-corrected chi connectivity index (χ0v) is 19.4. The lowest BCUT2D eigenvalue weighted by Gasteiger charge is -2.24. The van der Waals surface area contributed by atoms with Crippen molar-refractivity contribution in [3.63, 3.8) is 0 Å². The van der Waals surface area contributed by atoms with Crippen LogP contribution in [0.15, 0.2) is 53.7 Å². The van der Waals surface area contributed by atoms with Crippen LogP contribution in [0.1, 0.15) is 27.2 Å². The number of carbonyl (C=O) groups excluding carboxylic acids is 1. The van der Waals surface area contributed by atoms with Gasteiger partial charge in [-0.05, 0) is 57.2 Å². The molecule has 1 saturated heterocycles. The van der Waals surface area contributed by atoms with Crippen molar-refractivity contribution < 1.29 is 22.7 Å². The monoisotopic (exact) mass is 457 g/mol. The van der Waals surface area contributed by atoms with Crippen molar-refractivity contribution >= 4 is 26.8 Å². The topological polar surface area (TPSA) is 90.7 Å². The van der Waals surface area contributed by atoms with Crippen LogP contribution in [0.3, 0.4) is 0 Å². The summed E-state index contributed by atoms with van der Waals surface area (Å²) in [5, 5.41) is 0.822. The summed E-state index contributed by atoms with van der Waals surface area (Å²) in [4.78, 5) is 18.7. The second kappa shape index (κ2) is 8.12. The number of hydrogen-bond acceptors (Lipinski definition) is 6. The summed E-state index contributed by atoms with van der Waals surface area (Å²) in [6.07, 6.45) is 5.00. The van der Waals surface area contributed by atoms with Gasteiger partial charge in [0.15, 0.2) is 9.84 Å². The first-order valence-corrected chi connectivity index (χ1v) is 12.3. The van der Waals surface area contributed by atoms with Crippen molar-refractivity contribution in [3.05, 3.63) is 48.8 Å². The lowest BCUT2D eigenvalue weighted by molar-refractivity contribution is 0.0275. The third kappa shape index (κ3) is 4.88. The van der Waals surface area contributed by atoms with E-state index in [1.165, 1.54) is 6.26 Å². The molecule has 0 bridgehead atoms. The molecule has 1 aliphatic heterocycles.